The lowest BCUT2D eigenvalue weighted by atomic mass is 9.98. The number of carbonyl (C=O) groups is 3. The summed E-state index contributed by atoms with van der Waals surface area (Å²) in [4.78, 5) is 37.3. The molecule has 1 aromatic rings. The number of carbonyl (C=O) groups excluding carboxylic acids is 2. The van der Waals surface area contributed by atoms with E-state index < -0.39 is 23.8 Å². The molecule has 2 atom stereocenters. The maximum Gasteiger partial charge on any atom is 0.308 e. The van der Waals surface area contributed by atoms with Crippen molar-refractivity contribution >= 4 is 41.0 Å². The molecule has 1 aromatic carbocycles. The minimum Gasteiger partial charge on any atom is -0.481 e. The summed E-state index contributed by atoms with van der Waals surface area (Å²) in [6, 6.07) is 3.88. The molecule has 1 fully saturated rings. The Hall–Kier alpha value is -1.79. The van der Waals surface area contributed by atoms with Gasteiger partial charge in [-0.3, -0.25) is 14.4 Å². The number of piperidine rings is 1. The second-order valence-corrected chi connectivity index (χ2v) is 6.54. The summed E-state index contributed by atoms with van der Waals surface area (Å²) in [7, 11) is 0. The van der Waals surface area contributed by atoms with Gasteiger partial charge in [-0.05, 0) is 31.9 Å². The van der Waals surface area contributed by atoms with E-state index in [0.29, 0.717) is 19.4 Å². The number of nitrogens with zero attached hydrogens (tertiary/aromatic N) is 1. The summed E-state index contributed by atoms with van der Waals surface area (Å²) >= 11 is 11.9. The van der Waals surface area contributed by atoms with E-state index >= 15 is 0 Å². The molecule has 2 amide bonds. The second-order valence-electron chi connectivity index (χ2n) is 5.76. The molecule has 0 bridgehead atoms. The molecule has 0 aliphatic carbocycles. The van der Waals surface area contributed by atoms with E-state index in [1.54, 1.807) is 19.1 Å². The van der Waals surface area contributed by atoms with Gasteiger partial charge in [0.25, 0.3) is 5.91 Å². The van der Waals surface area contributed by atoms with Crippen LogP contribution in [0, 0.1) is 5.92 Å². The molecule has 24 heavy (non-hydrogen) atoms. The first kappa shape index (κ1) is 18.5. The Bertz CT molecular complexity index is 665. The Morgan fingerprint density at radius 3 is 2.71 bits per heavy atom. The van der Waals surface area contributed by atoms with Crippen LogP contribution in [0.5, 0.6) is 0 Å². The Morgan fingerprint density at radius 2 is 2.04 bits per heavy atom. The monoisotopic (exact) mass is 372 g/mol. The van der Waals surface area contributed by atoms with E-state index in [0.717, 1.165) is 0 Å². The minimum absolute atomic E-state index is 0.125. The standard InChI is InChI=1S/C16H18Cl2N2O4/c1-9(15(22)20-7-3-4-10(8-20)16(23)24)19-14(21)11-5-2-6-12(17)13(11)18/h2,5-6,9-10H,3-4,7-8H2,1H3,(H,19,21)(H,23,24)/t9-,10+/m0/s1. The molecule has 0 saturated carbocycles. The van der Waals surface area contributed by atoms with Crippen LogP contribution < -0.4 is 5.32 Å². The number of rotatable bonds is 4. The number of hydrogen-bond acceptors (Lipinski definition) is 3. The van der Waals surface area contributed by atoms with Gasteiger partial charge in [-0.25, -0.2) is 0 Å². The SMILES string of the molecule is C[C@H](NC(=O)c1cccc(Cl)c1Cl)C(=O)N1CCC[C@@H](C(=O)O)C1. The van der Waals surface area contributed by atoms with Crippen molar-refractivity contribution in [1.29, 1.82) is 0 Å². The number of hydrogen-bond donors (Lipinski definition) is 2. The van der Waals surface area contributed by atoms with E-state index in [-0.39, 0.29) is 28.1 Å². The zero-order valence-electron chi connectivity index (χ0n) is 13.1. The molecule has 0 aromatic heterocycles. The Morgan fingerprint density at radius 1 is 1.33 bits per heavy atom. The van der Waals surface area contributed by atoms with Gasteiger partial charge in [-0.15, -0.1) is 0 Å². The number of likely N-dealkylation sites (tertiary alicyclic amines) is 1. The molecule has 1 aliphatic rings. The van der Waals surface area contributed by atoms with Crippen molar-refractivity contribution in [2.75, 3.05) is 13.1 Å². The third kappa shape index (κ3) is 4.19. The van der Waals surface area contributed by atoms with Gasteiger partial charge in [0.1, 0.15) is 6.04 Å². The van der Waals surface area contributed by atoms with E-state index in [9.17, 15) is 14.4 Å². The Kier molecular flexibility index (Phi) is 6.07. The Balaban J connectivity index is 2.02. The van der Waals surface area contributed by atoms with Crippen molar-refractivity contribution in [1.82, 2.24) is 10.2 Å². The predicted octanol–water partition coefficient (Wildman–Crippen LogP) is 2.43. The number of amides is 2. The third-order valence-corrected chi connectivity index (χ3v) is 4.82. The van der Waals surface area contributed by atoms with Gasteiger partial charge >= 0.3 is 5.97 Å². The average Bonchev–Trinajstić information content (AvgIpc) is 2.56. The molecule has 2 N–H and O–H groups in total. The molecule has 0 spiro atoms. The smallest absolute Gasteiger partial charge is 0.308 e. The molecular weight excluding hydrogens is 355 g/mol. The van der Waals surface area contributed by atoms with Gasteiger partial charge in [0, 0.05) is 13.1 Å². The first-order chi connectivity index (χ1) is 11.3. The van der Waals surface area contributed by atoms with Crippen LogP contribution in [-0.2, 0) is 9.59 Å². The summed E-state index contributed by atoms with van der Waals surface area (Å²) in [6.45, 7) is 2.20. The molecule has 1 heterocycles. The largest absolute Gasteiger partial charge is 0.481 e. The predicted molar refractivity (Wildman–Crippen MR) is 90.3 cm³/mol. The van der Waals surface area contributed by atoms with Crippen LogP contribution in [0.15, 0.2) is 18.2 Å². The number of carboxylic acid groups (broad SMARTS) is 1. The van der Waals surface area contributed by atoms with Gasteiger partial charge in [-0.1, -0.05) is 29.3 Å². The first-order valence-corrected chi connectivity index (χ1v) is 8.33. The van der Waals surface area contributed by atoms with Crippen LogP contribution >= 0.6 is 23.2 Å². The Labute approximate surface area is 149 Å². The maximum atomic E-state index is 12.4. The molecule has 2 rings (SSSR count). The molecule has 6 nitrogen and oxygen atoms in total. The van der Waals surface area contributed by atoms with Crippen molar-refractivity contribution in [3.8, 4) is 0 Å². The highest BCUT2D eigenvalue weighted by Gasteiger charge is 2.31. The van der Waals surface area contributed by atoms with Crippen LogP contribution in [0.4, 0.5) is 0 Å². The lowest BCUT2D eigenvalue weighted by molar-refractivity contribution is -0.146. The van der Waals surface area contributed by atoms with Crippen molar-refractivity contribution in [3.63, 3.8) is 0 Å². The summed E-state index contributed by atoms with van der Waals surface area (Å²) in [6.07, 6.45) is 1.18. The summed E-state index contributed by atoms with van der Waals surface area (Å²) in [5.74, 6) is -2.29. The number of nitrogens with one attached hydrogen (secondary N) is 1. The van der Waals surface area contributed by atoms with Crippen LogP contribution in [0.1, 0.15) is 30.1 Å². The van der Waals surface area contributed by atoms with Gasteiger partial charge < -0.3 is 15.3 Å². The lowest BCUT2D eigenvalue weighted by Gasteiger charge is -2.32. The fraction of sp³-hybridized carbons (Fsp3) is 0.438. The van der Waals surface area contributed by atoms with Crippen LogP contribution in [-0.4, -0.2) is 46.9 Å². The molecule has 0 radical (unpaired) electrons. The highest BCUT2D eigenvalue weighted by molar-refractivity contribution is 6.43. The molecule has 0 unspecified atom stereocenters. The van der Waals surface area contributed by atoms with Crippen molar-refractivity contribution in [3.05, 3.63) is 33.8 Å². The van der Waals surface area contributed by atoms with E-state index in [1.165, 1.54) is 11.0 Å². The van der Waals surface area contributed by atoms with Gasteiger partial charge in [0.05, 0.1) is 21.5 Å². The first-order valence-electron chi connectivity index (χ1n) is 7.57. The zero-order valence-corrected chi connectivity index (χ0v) is 14.6. The fourth-order valence-electron chi connectivity index (χ4n) is 2.67. The highest BCUT2D eigenvalue weighted by Crippen LogP contribution is 2.25. The van der Waals surface area contributed by atoms with E-state index in [4.69, 9.17) is 28.3 Å². The van der Waals surface area contributed by atoms with Gasteiger partial charge in [0.2, 0.25) is 5.91 Å². The molecule has 130 valence electrons. The number of aliphatic carboxylic acids is 1. The normalized spacial score (nSPS) is 18.8. The third-order valence-electron chi connectivity index (χ3n) is 4.00. The average molecular weight is 373 g/mol. The van der Waals surface area contributed by atoms with Gasteiger partial charge in [0.15, 0.2) is 0 Å². The van der Waals surface area contributed by atoms with Gasteiger partial charge in [-0.2, -0.15) is 0 Å². The van der Waals surface area contributed by atoms with Crippen molar-refractivity contribution in [2.45, 2.75) is 25.8 Å². The van der Waals surface area contributed by atoms with E-state index in [2.05, 4.69) is 5.32 Å². The fourth-order valence-corrected chi connectivity index (χ4v) is 3.05. The molecule has 1 saturated heterocycles. The lowest BCUT2D eigenvalue weighted by Crippen LogP contribution is -2.51. The van der Waals surface area contributed by atoms with Crippen LogP contribution in [0.3, 0.4) is 0 Å². The van der Waals surface area contributed by atoms with Crippen molar-refractivity contribution < 1.29 is 19.5 Å². The number of halogens is 2. The molecular formula is C16H18Cl2N2O4. The highest BCUT2D eigenvalue weighted by atomic mass is 35.5. The topological polar surface area (TPSA) is 86.7 Å². The molecule has 1 aliphatic heterocycles. The number of benzene rings is 1. The minimum atomic E-state index is -0.908. The molecule has 8 heteroatoms. The summed E-state index contributed by atoms with van der Waals surface area (Å²) in [5, 5.41) is 12.1. The number of carboxylic acids is 1. The van der Waals surface area contributed by atoms with Crippen LogP contribution in [0.2, 0.25) is 10.0 Å². The van der Waals surface area contributed by atoms with Crippen LogP contribution in [0.25, 0.3) is 0 Å². The quantitative estimate of drug-likeness (QED) is 0.849. The van der Waals surface area contributed by atoms with Crippen molar-refractivity contribution in [2.24, 2.45) is 5.92 Å². The van der Waals surface area contributed by atoms with E-state index in [1.807, 2.05) is 0 Å². The maximum absolute atomic E-state index is 12.4. The summed E-state index contributed by atoms with van der Waals surface area (Å²) < 4.78 is 0. The summed E-state index contributed by atoms with van der Waals surface area (Å²) in [5.41, 5.74) is 0.186. The second kappa shape index (κ2) is 7.85. The zero-order chi connectivity index (χ0) is 17.9.